The van der Waals surface area contributed by atoms with Crippen LogP contribution in [0.3, 0.4) is 0 Å². The average Bonchev–Trinajstić information content (AvgIpc) is 3.06. The van der Waals surface area contributed by atoms with Gasteiger partial charge in [0.05, 0.1) is 6.54 Å². The summed E-state index contributed by atoms with van der Waals surface area (Å²) in [6, 6.07) is 15.5. The van der Waals surface area contributed by atoms with Gasteiger partial charge in [0.25, 0.3) is 0 Å². The van der Waals surface area contributed by atoms with E-state index >= 15 is 0 Å². The molecule has 1 aromatic heterocycles. The van der Waals surface area contributed by atoms with Crippen LogP contribution in [0.25, 0.3) is 11.3 Å². The second-order valence-electron chi connectivity index (χ2n) is 5.55. The molecule has 0 atom stereocenters. The first-order valence-electron chi connectivity index (χ1n) is 7.83. The van der Waals surface area contributed by atoms with Crippen LogP contribution in [-0.2, 0) is 13.1 Å². The highest BCUT2D eigenvalue weighted by Gasteiger charge is 2.15. The van der Waals surface area contributed by atoms with Gasteiger partial charge in [-0.05, 0) is 18.7 Å². The monoisotopic (exact) mass is 328 g/mol. The van der Waals surface area contributed by atoms with Gasteiger partial charge in [-0.25, -0.2) is 8.78 Å². The van der Waals surface area contributed by atoms with Gasteiger partial charge in [0.1, 0.15) is 17.3 Å². The summed E-state index contributed by atoms with van der Waals surface area (Å²) in [4.78, 5) is 1.90. The van der Waals surface area contributed by atoms with E-state index in [1.807, 2.05) is 48.2 Å². The Balaban J connectivity index is 1.73. The number of aromatic nitrogens is 1. The molecular formula is C19H18F2N2O. The standard InChI is InChI=1S/C19H18F2N2O/c1-2-23(13-16-17(20)9-6-10-18(16)21)12-15-11-19(22-24-15)14-7-4-3-5-8-14/h3-11H,2,12-13H2,1H3. The molecule has 5 heteroatoms. The zero-order chi connectivity index (χ0) is 16.9. The highest BCUT2D eigenvalue weighted by atomic mass is 19.1. The van der Waals surface area contributed by atoms with Gasteiger partial charge < -0.3 is 4.52 Å². The fraction of sp³-hybridized carbons (Fsp3) is 0.211. The molecule has 0 aliphatic carbocycles. The zero-order valence-electron chi connectivity index (χ0n) is 13.4. The lowest BCUT2D eigenvalue weighted by Gasteiger charge is -2.19. The summed E-state index contributed by atoms with van der Waals surface area (Å²) in [6.07, 6.45) is 0. The third kappa shape index (κ3) is 3.68. The maximum Gasteiger partial charge on any atom is 0.151 e. The first-order chi connectivity index (χ1) is 11.7. The normalized spacial score (nSPS) is 11.2. The number of rotatable bonds is 6. The third-order valence-electron chi connectivity index (χ3n) is 3.90. The zero-order valence-corrected chi connectivity index (χ0v) is 13.4. The third-order valence-corrected chi connectivity index (χ3v) is 3.90. The Hall–Kier alpha value is -2.53. The molecule has 24 heavy (non-hydrogen) atoms. The fourth-order valence-electron chi connectivity index (χ4n) is 2.54. The highest BCUT2D eigenvalue weighted by Crippen LogP contribution is 2.21. The van der Waals surface area contributed by atoms with Crippen molar-refractivity contribution < 1.29 is 13.3 Å². The van der Waals surface area contributed by atoms with E-state index in [1.165, 1.54) is 18.2 Å². The van der Waals surface area contributed by atoms with Crippen LogP contribution in [-0.4, -0.2) is 16.6 Å². The summed E-state index contributed by atoms with van der Waals surface area (Å²) in [7, 11) is 0. The number of hydrogen-bond acceptors (Lipinski definition) is 3. The molecule has 0 amide bonds. The van der Waals surface area contributed by atoms with Crippen LogP contribution < -0.4 is 0 Å². The molecule has 0 fully saturated rings. The van der Waals surface area contributed by atoms with E-state index in [2.05, 4.69) is 5.16 Å². The minimum Gasteiger partial charge on any atom is -0.359 e. The molecule has 2 aromatic carbocycles. The van der Waals surface area contributed by atoms with Crippen LogP contribution in [0.1, 0.15) is 18.2 Å². The van der Waals surface area contributed by atoms with Crippen molar-refractivity contribution in [3.63, 3.8) is 0 Å². The molecule has 124 valence electrons. The van der Waals surface area contributed by atoms with Crippen molar-refractivity contribution in [2.24, 2.45) is 0 Å². The molecule has 1 heterocycles. The molecule has 0 saturated heterocycles. The van der Waals surface area contributed by atoms with E-state index in [4.69, 9.17) is 4.52 Å². The average molecular weight is 328 g/mol. The van der Waals surface area contributed by atoms with E-state index in [9.17, 15) is 8.78 Å². The number of halogens is 2. The predicted molar refractivity (Wildman–Crippen MR) is 88.1 cm³/mol. The molecular weight excluding hydrogens is 310 g/mol. The molecule has 3 aromatic rings. The lowest BCUT2D eigenvalue weighted by atomic mass is 10.1. The summed E-state index contributed by atoms with van der Waals surface area (Å²) in [6.45, 7) is 3.18. The Bertz CT molecular complexity index is 782. The summed E-state index contributed by atoms with van der Waals surface area (Å²) in [5.74, 6) is -0.403. The summed E-state index contributed by atoms with van der Waals surface area (Å²) in [5, 5.41) is 4.07. The first kappa shape index (κ1) is 16.3. The van der Waals surface area contributed by atoms with Crippen molar-refractivity contribution in [1.29, 1.82) is 0 Å². The second-order valence-corrected chi connectivity index (χ2v) is 5.55. The number of benzene rings is 2. The van der Waals surface area contributed by atoms with E-state index in [0.717, 1.165) is 11.3 Å². The van der Waals surface area contributed by atoms with Crippen LogP contribution in [0.4, 0.5) is 8.78 Å². The number of hydrogen-bond donors (Lipinski definition) is 0. The van der Waals surface area contributed by atoms with Gasteiger partial charge in [-0.2, -0.15) is 0 Å². The van der Waals surface area contributed by atoms with E-state index in [-0.39, 0.29) is 12.1 Å². The van der Waals surface area contributed by atoms with E-state index in [0.29, 0.717) is 18.8 Å². The Morgan fingerprint density at radius 3 is 2.33 bits per heavy atom. The van der Waals surface area contributed by atoms with Crippen LogP contribution >= 0.6 is 0 Å². The Morgan fingerprint density at radius 1 is 0.958 bits per heavy atom. The largest absolute Gasteiger partial charge is 0.359 e. The topological polar surface area (TPSA) is 29.3 Å². The van der Waals surface area contributed by atoms with E-state index < -0.39 is 11.6 Å². The van der Waals surface area contributed by atoms with Gasteiger partial charge >= 0.3 is 0 Å². The molecule has 0 aliphatic rings. The molecule has 0 N–H and O–H groups in total. The molecule has 3 rings (SSSR count). The van der Waals surface area contributed by atoms with Crippen LogP contribution in [0.15, 0.2) is 59.1 Å². The maximum absolute atomic E-state index is 13.8. The van der Waals surface area contributed by atoms with Crippen molar-refractivity contribution in [1.82, 2.24) is 10.1 Å². The van der Waals surface area contributed by atoms with Crippen molar-refractivity contribution >= 4 is 0 Å². The van der Waals surface area contributed by atoms with Crippen LogP contribution in [0, 0.1) is 11.6 Å². The first-order valence-corrected chi connectivity index (χ1v) is 7.83. The molecule has 0 unspecified atom stereocenters. The van der Waals surface area contributed by atoms with Crippen molar-refractivity contribution in [3.05, 3.63) is 77.6 Å². The molecule has 0 saturated carbocycles. The maximum atomic E-state index is 13.8. The second kappa shape index (κ2) is 7.36. The fourth-order valence-corrected chi connectivity index (χ4v) is 2.54. The van der Waals surface area contributed by atoms with Gasteiger partial charge in [-0.1, -0.05) is 48.5 Å². The molecule has 0 bridgehead atoms. The summed E-state index contributed by atoms with van der Waals surface area (Å²) >= 11 is 0. The minimum atomic E-state index is -0.531. The predicted octanol–water partition coefficient (Wildman–Crippen LogP) is 4.64. The molecule has 0 aliphatic heterocycles. The van der Waals surface area contributed by atoms with Crippen molar-refractivity contribution in [2.45, 2.75) is 20.0 Å². The van der Waals surface area contributed by atoms with Crippen molar-refractivity contribution in [3.8, 4) is 11.3 Å². The smallest absolute Gasteiger partial charge is 0.151 e. The van der Waals surface area contributed by atoms with Crippen molar-refractivity contribution in [2.75, 3.05) is 6.54 Å². The Kier molecular flexibility index (Phi) is 5.01. The molecule has 0 radical (unpaired) electrons. The number of nitrogens with zero attached hydrogens (tertiary/aromatic N) is 2. The quantitative estimate of drug-likeness (QED) is 0.660. The minimum absolute atomic E-state index is 0.0714. The van der Waals surface area contributed by atoms with Gasteiger partial charge in [-0.15, -0.1) is 0 Å². The lowest BCUT2D eigenvalue weighted by molar-refractivity contribution is 0.228. The molecule has 0 spiro atoms. The highest BCUT2D eigenvalue weighted by molar-refractivity contribution is 5.58. The summed E-state index contributed by atoms with van der Waals surface area (Å²) in [5.41, 5.74) is 1.79. The molecule has 3 nitrogen and oxygen atoms in total. The van der Waals surface area contributed by atoms with Gasteiger partial charge in [0.2, 0.25) is 0 Å². The Labute approximate surface area is 139 Å². The van der Waals surface area contributed by atoms with E-state index in [1.54, 1.807) is 0 Å². The van der Waals surface area contributed by atoms with Crippen LogP contribution in [0.2, 0.25) is 0 Å². The van der Waals surface area contributed by atoms with Gasteiger partial charge in [0.15, 0.2) is 5.76 Å². The van der Waals surface area contributed by atoms with Crippen LogP contribution in [0.5, 0.6) is 0 Å². The van der Waals surface area contributed by atoms with Gasteiger partial charge in [-0.3, -0.25) is 4.90 Å². The van der Waals surface area contributed by atoms with Gasteiger partial charge in [0, 0.05) is 23.7 Å². The SMILES string of the molecule is CCN(Cc1cc(-c2ccccc2)no1)Cc1c(F)cccc1F. The Morgan fingerprint density at radius 2 is 1.67 bits per heavy atom. The summed E-state index contributed by atoms with van der Waals surface area (Å²) < 4.78 is 33.0. The lowest BCUT2D eigenvalue weighted by Crippen LogP contribution is -2.23.